The second-order valence-corrected chi connectivity index (χ2v) is 10.5. The molecule has 0 bridgehead atoms. The lowest BCUT2D eigenvalue weighted by Crippen LogP contribution is -2.40. The fourth-order valence-corrected chi connectivity index (χ4v) is 6.93. The van der Waals surface area contributed by atoms with E-state index in [1.807, 2.05) is 54.4 Å². The molecule has 1 amide bonds. The van der Waals surface area contributed by atoms with Gasteiger partial charge in [0.15, 0.2) is 5.17 Å². The van der Waals surface area contributed by atoms with Crippen molar-refractivity contribution >= 4 is 57.6 Å². The van der Waals surface area contributed by atoms with Gasteiger partial charge in [-0.25, -0.2) is 4.99 Å². The van der Waals surface area contributed by atoms with E-state index >= 15 is 0 Å². The number of amidine groups is 1. The number of carbonyl (C=O) groups is 1. The van der Waals surface area contributed by atoms with Crippen LogP contribution in [0.3, 0.4) is 0 Å². The van der Waals surface area contributed by atoms with Crippen LogP contribution in [0.15, 0.2) is 62.3 Å². The maximum Gasteiger partial charge on any atom is 0.269 e. The molecule has 166 valence electrons. The van der Waals surface area contributed by atoms with Crippen molar-refractivity contribution in [1.29, 1.82) is 0 Å². The zero-order valence-electron chi connectivity index (χ0n) is 18.0. The van der Waals surface area contributed by atoms with E-state index in [4.69, 9.17) is 21.3 Å². The number of aliphatic imine (C=N–C) groups is 1. The SMILES string of the molecule is COc1ccc2c(c1)N(C)C(=C1SC(=Nc3cccc(Cl)c3)N(C3CCCCC3)C1=O)S2. The average molecular weight is 486 g/mol. The van der Waals surface area contributed by atoms with Crippen LogP contribution < -0.4 is 9.64 Å². The summed E-state index contributed by atoms with van der Waals surface area (Å²) in [7, 11) is 3.67. The summed E-state index contributed by atoms with van der Waals surface area (Å²) in [4.78, 5) is 24.5. The highest BCUT2D eigenvalue weighted by Gasteiger charge is 2.42. The largest absolute Gasteiger partial charge is 0.497 e. The molecule has 1 saturated heterocycles. The molecule has 1 aliphatic carbocycles. The topological polar surface area (TPSA) is 45.1 Å². The molecule has 0 aromatic heterocycles. The number of halogens is 1. The van der Waals surface area contributed by atoms with Crippen molar-refractivity contribution in [2.24, 2.45) is 4.99 Å². The number of rotatable bonds is 3. The van der Waals surface area contributed by atoms with E-state index in [-0.39, 0.29) is 11.9 Å². The van der Waals surface area contributed by atoms with E-state index < -0.39 is 0 Å². The Hall–Kier alpha value is -2.09. The van der Waals surface area contributed by atoms with Gasteiger partial charge in [0.1, 0.15) is 10.7 Å². The van der Waals surface area contributed by atoms with Crippen molar-refractivity contribution in [2.75, 3.05) is 19.1 Å². The Morgan fingerprint density at radius 2 is 1.91 bits per heavy atom. The molecule has 2 aromatic rings. The summed E-state index contributed by atoms with van der Waals surface area (Å²) in [5, 5.41) is 2.33. The van der Waals surface area contributed by atoms with Gasteiger partial charge in [0.25, 0.3) is 5.91 Å². The summed E-state index contributed by atoms with van der Waals surface area (Å²) >= 11 is 9.29. The fourth-order valence-electron chi connectivity index (χ4n) is 4.36. The second-order valence-electron chi connectivity index (χ2n) is 8.07. The van der Waals surface area contributed by atoms with Crippen molar-refractivity contribution in [3.8, 4) is 5.75 Å². The molecule has 2 aliphatic heterocycles. The van der Waals surface area contributed by atoms with Gasteiger partial charge in [-0.15, -0.1) is 0 Å². The number of fused-ring (bicyclic) bond motifs is 1. The van der Waals surface area contributed by atoms with Crippen molar-refractivity contribution < 1.29 is 9.53 Å². The summed E-state index contributed by atoms with van der Waals surface area (Å²) in [5.41, 5.74) is 1.81. The van der Waals surface area contributed by atoms with Gasteiger partial charge in [0.05, 0.1) is 23.5 Å². The molecule has 0 spiro atoms. The summed E-state index contributed by atoms with van der Waals surface area (Å²) in [6, 6.07) is 13.7. The monoisotopic (exact) mass is 485 g/mol. The normalized spacial score (nSPS) is 22.7. The first-order chi connectivity index (χ1) is 15.5. The summed E-state index contributed by atoms with van der Waals surface area (Å²) in [5.74, 6) is 0.858. The lowest BCUT2D eigenvalue weighted by molar-refractivity contribution is -0.124. The Morgan fingerprint density at radius 1 is 1.09 bits per heavy atom. The molecule has 2 heterocycles. The predicted molar refractivity (Wildman–Crippen MR) is 134 cm³/mol. The van der Waals surface area contributed by atoms with Gasteiger partial charge < -0.3 is 9.64 Å². The maximum absolute atomic E-state index is 13.8. The van der Waals surface area contributed by atoms with Gasteiger partial charge in [0, 0.05) is 29.1 Å². The highest BCUT2D eigenvalue weighted by molar-refractivity contribution is 8.19. The third kappa shape index (κ3) is 4.02. The third-order valence-electron chi connectivity index (χ3n) is 6.02. The molecule has 0 unspecified atom stereocenters. The zero-order chi connectivity index (χ0) is 22.2. The van der Waals surface area contributed by atoms with E-state index in [9.17, 15) is 4.79 Å². The highest BCUT2D eigenvalue weighted by Crippen LogP contribution is 2.51. The molecule has 32 heavy (non-hydrogen) atoms. The standard InChI is InChI=1S/C24H24ClN3O2S2/c1-27-19-14-18(30-2)11-12-20(19)31-23(27)21-22(29)28(17-9-4-3-5-10-17)24(32-21)26-16-8-6-7-15(25)13-16/h6-8,11-14,17H,3-5,9-10H2,1-2H3. The number of amides is 1. The number of anilines is 1. The molecular formula is C24H24ClN3O2S2. The first-order valence-electron chi connectivity index (χ1n) is 10.7. The van der Waals surface area contributed by atoms with Crippen LogP contribution in [-0.4, -0.2) is 36.2 Å². The van der Waals surface area contributed by atoms with Gasteiger partial charge in [-0.3, -0.25) is 9.69 Å². The van der Waals surface area contributed by atoms with E-state index in [0.717, 1.165) is 62.8 Å². The number of nitrogens with zero attached hydrogens (tertiary/aromatic N) is 3. The van der Waals surface area contributed by atoms with Gasteiger partial charge in [-0.05, 0) is 54.9 Å². The van der Waals surface area contributed by atoms with Crippen LogP contribution in [0.25, 0.3) is 0 Å². The molecule has 5 nitrogen and oxygen atoms in total. The minimum absolute atomic E-state index is 0.0526. The number of ether oxygens (including phenoxy) is 1. The predicted octanol–water partition coefficient (Wildman–Crippen LogP) is 6.66. The number of benzene rings is 2. The summed E-state index contributed by atoms with van der Waals surface area (Å²) < 4.78 is 5.40. The Bertz CT molecular complexity index is 1130. The summed E-state index contributed by atoms with van der Waals surface area (Å²) in [6.07, 6.45) is 5.56. The van der Waals surface area contributed by atoms with Crippen molar-refractivity contribution in [3.63, 3.8) is 0 Å². The number of carbonyl (C=O) groups excluding carboxylic acids is 1. The minimum Gasteiger partial charge on any atom is -0.497 e. The molecule has 5 rings (SSSR count). The Morgan fingerprint density at radius 3 is 2.66 bits per heavy atom. The molecule has 3 aliphatic rings. The van der Waals surface area contributed by atoms with E-state index in [0.29, 0.717) is 5.02 Å². The highest BCUT2D eigenvalue weighted by atomic mass is 35.5. The lowest BCUT2D eigenvalue weighted by Gasteiger charge is -2.30. The molecule has 0 radical (unpaired) electrons. The van der Waals surface area contributed by atoms with Crippen LogP contribution in [0.1, 0.15) is 32.1 Å². The van der Waals surface area contributed by atoms with Crippen LogP contribution in [0.5, 0.6) is 5.75 Å². The molecule has 0 atom stereocenters. The molecule has 0 N–H and O–H groups in total. The average Bonchev–Trinajstić information content (AvgIpc) is 3.30. The first kappa shape index (κ1) is 21.7. The van der Waals surface area contributed by atoms with E-state index in [1.54, 1.807) is 18.9 Å². The quantitative estimate of drug-likeness (QED) is 0.455. The second kappa shape index (κ2) is 9.04. The maximum atomic E-state index is 13.8. The zero-order valence-corrected chi connectivity index (χ0v) is 20.4. The number of thioether (sulfide) groups is 2. The molecule has 2 aromatic carbocycles. The minimum atomic E-state index is 0.0526. The van der Waals surface area contributed by atoms with E-state index in [1.165, 1.54) is 18.2 Å². The van der Waals surface area contributed by atoms with Crippen LogP contribution in [-0.2, 0) is 4.79 Å². The number of hydrogen-bond acceptors (Lipinski definition) is 6. The van der Waals surface area contributed by atoms with Crippen LogP contribution in [0.4, 0.5) is 11.4 Å². The molecule has 1 saturated carbocycles. The Labute approximate surface area is 201 Å². The van der Waals surface area contributed by atoms with Gasteiger partial charge in [0.2, 0.25) is 0 Å². The van der Waals surface area contributed by atoms with Crippen LogP contribution in [0, 0.1) is 0 Å². The van der Waals surface area contributed by atoms with Crippen LogP contribution in [0.2, 0.25) is 5.02 Å². The number of hydrogen-bond donors (Lipinski definition) is 0. The smallest absolute Gasteiger partial charge is 0.269 e. The lowest BCUT2D eigenvalue weighted by atomic mass is 9.94. The number of methoxy groups -OCH3 is 1. The van der Waals surface area contributed by atoms with Crippen molar-refractivity contribution in [1.82, 2.24) is 4.90 Å². The van der Waals surface area contributed by atoms with Gasteiger partial charge >= 0.3 is 0 Å². The van der Waals surface area contributed by atoms with E-state index in [2.05, 4.69) is 4.90 Å². The Balaban J connectivity index is 1.55. The summed E-state index contributed by atoms with van der Waals surface area (Å²) in [6.45, 7) is 0. The molecule has 2 fully saturated rings. The fraction of sp³-hybridized carbons (Fsp3) is 0.333. The third-order valence-corrected chi connectivity index (χ3v) is 8.66. The first-order valence-corrected chi connectivity index (χ1v) is 12.8. The van der Waals surface area contributed by atoms with Crippen LogP contribution >= 0.6 is 35.1 Å². The van der Waals surface area contributed by atoms with Crippen molar-refractivity contribution in [3.05, 3.63) is 57.4 Å². The molecule has 8 heteroatoms. The van der Waals surface area contributed by atoms with Crippen molar-refractivity contribution in [2.45, 2.75) is 43.0 Å². The van der Waals surface area contributed by atoms with Gasteiger partial charge in [-0.2, -0.15) is 0 Å². The van der Waals surface area contributed by atoms with Gasteiger partial charge in [-0.1, -0.05) is 48.7 Å². The Kier molecular flexibility index (Phi) is 6.14. The molecular weight excluding hydrogens is 462 g/mol.